The molecule has 2 aromatic heterocycles. The number of nitrogens with two attached hydrogens (primary N) is 1. The molecule has 0 saturated carbocycles. The summed E-state index contributed by atoms with van der Waals surface area (Å²) in [6.45, 7) is 5.33. The summed E-state index contributed by atoms with van der Waals surface area (Å²) in [7, 11) is 0. The van der Waals surface area contributed by atoms with Gasteiger partial charge in [0.15, 0.2) is 0 Å². The molecular formula is C12H16N6O2. The summed E-state index contributed by atoms with van der Waals surface area (Å²) in [4.78, 5) is 19.6. The number of hydrogen-bond donors (Lipinski definition) is 3. The minimum Gasteiger partial charge on any atom is -0.444 e. The number of nitrogen functional groups attached to an aromatic ring is 1. The zero-order valence-corrected chi connectivity index (χ0v) is 11.5. The summed E-state index contributed by atoms with van der Waals surface area (Å²) in [6.07, 6.45) is 3.96. The molecule has 0 aliphatic rings. The SMILES string of the molecule is CC(C)(C)OC(=O)Nc1ncc(-c2[nH]ncc2N)cn1. The number of rotatable bonds is 2. The van der Waals surface area contributed by atoms with Gasteiger partial charge in [0.25, 0.3) is 0 Å². The number of carbonyl (C=O) groups is 1. The molecule has 0 atom stereocenters. The van der Waals surface area contributed by atoms with Crippen molar-refractivity contribution in [2.75, 3.05) is 11.1 Å². The Morgan fingerprint density at radius 3 is 2.45 bits per heavy atom. The third-order valence-corrected chi connectivity index (χ3v) is 2.22. The maximum Gasteiger partial charge on any atom is 0.414 e. The van der Waals surface area contributed by atoms with Crippen LogP contribution in [0.3, 0.4) is 0 Å². The van der Waals surface area contributed by atoms with Crippen molar-refractivity contribution in [3.8, 4) is 11.3 Å². The standard InChI is InChI=1S/C12H16N6O2/c1-12(2,3)20-11(19)17-10-14-4-7(5-15-10)9-8(13)6-16-18-9/h4-6H,13H2,1-3H3,(H,16,18)(H,14,15,17,19). The number of H-pyrrole nitrogens is 1. The van der Waals surface area contributed by atoms with Crippen molar-refractivity contribution >= 4 is 17.7 Å². The van der Waals surface area contributed by atoms with Gasteiger partial charge in [-0.2, -0.15) is 5.10 Å². The molecule has 4 N–H and O–H groups in total. The van der Waals surface area contributed by atoms with E-state index in [0.29, 0.717) is 16.9 Å². The van der Waals surface area contributed by atoms with Crippen LogP contribution in [0.25, 0.3) is 11.3 Å². The van der Waals surface area contributed by atoms with Crippen molar-refractivity contribution in [3.63, 3.8) is 0 Å². The third kappa shape index (κ3) is 3.44. The van der Waals surface area contributed by atoms with E-state index in [-0.39, 0.29) is 5.95 Å². The lowest BCUT2D eigenvalue weighted by Crippen LogP contribution is -2.27. The van der Waals surface area contributed by atoms with Crippen molar-refractivity contribution in [2.24, 2.45) is 0 Å². The highest BCUT2D eigenvalue weighted by molar-refractivity contribution is 5.82. The van der Waals surface area contributed by atoms with Crippen molar-refractivity contribution < 1.29 is 9.53 Å². The smallest absolute Gasteiger partial charge is 0.414 e. The van der Waals surface area contributed by atoms with Gasteiger partial charge in [-0.1, -0.05) is 0 Å². The quantitative estimate of drug-likeness (QED) is 0.769. The molecule has 0 aliphatic heterocycles. The van der Waals surface area contributed by atoms with Crippen molar-refractivity contribution in [3.05, 3.63) is 18.6 Å². The molecule has 0 aliphatic carbocycles. The van der Waals surface area contributed by atoms with Crippen LogP contribution < -0.4 is 11.1 Å². The Bertz CT molecular complexity index is 599. The van der Waals surface area contributed by atoms with Crippen molar-refractivity contribution in [1.29, 1.82) is 0 Å². The molecule has 106 valence electrons. The van der Waals surface area contributed by atoms with Crippen molar-refractivity contribution in [1.82, 2.24) is 20.2 Å². The highest BCUT2D eigenvalue weighted by atomic mass is 16.6. The summed E-state index contributed by atoms with van der Waals surface area (Å²) < 4.78 is 5.10. The first-order valence-corrected chi connectivity index (χ1v) is 5.96. The van der Waals surface area contributed by atoms with E-state index in [0.717, 1.165) is 0 Å². The molecule has 0 aromatic carbocycles. The van der Waals surface area contributed by atoms with Gasteiger partial charge in [-0.25, -0.2) is 14.8 Å². The van der Waals surface area contributed by atoms with Gasteiger partial charge in [-0.3, -0.25) is 10.4 Å². The number of aromatic amines is 1. The Kier molecular flexibility index (Phi) is 3.55. The van der Waals surface area contributed by atoms with Crippen LogP contribution in [-0.2, 0) is 4.74 Å². The Morgan fingerprint density at radius 2 is 1.95 bits per heavy atom. The van der Waals surface area contributed by atoms with Crippen LogP contribution in [0.15, 0.2) is 18.6 Å². The van der Waals surface area contributed by atoms with Gasteiger partial charge in [-0.15, -0.1) is 0 Å². The lowest BCUT2D eigenvalue weighted by molar-refractivity contribution is 0.0634. The lowest BCUT2D eigenvalue weighted by Gasteiger charge is -2.19. The fraction of sp³-hybridized carbons (Fsp3) is 0.333. The zero-order chi connectivity index (χ0) is 14.8. The van der Waals surface area contributed by atoms with Gasteiger partial charge in [0, 0.05) is 18.0 Å². The van der Waals surface area contributed by atoms with E-state index >= 15 is 0 Å². The number of amides is 1. The number of anilines is 2. The predicted octanol–water partition coefficient (Wildman–Crippen LogP) is 1.80. The molecule has 0 fully saturated rings. The maximum absolute atomic E-state index is 11.5. The van der Waals surface area contributed by atoms with Crippen LogP contribution >= 0.6 is 0 Å². The van der Waals surface area contributed by atoms with Crippen LogP contribution in [0.1, 0.15) is 20.8 Å². The van der Waals surface area contributed by atoms with E-state index in [4.69, 9.17) is 10.5 Å². The number of aromatic nitrogens is 4. The molecule has 1 amide bonds. The third-order valence-electron chi connectivity index (χ3n) is 2.22. The van der Waals surface area contributed by atoms with Gasteiger partial charge in [0.2, 0.25) is 5.95 Å². The molecule has 8 heteroatoms. The summed E-state index contributed by atoms with van der Waals surface area (Å²) in [6, 6.07) is 0. The molecule has 8 nitrogen and oxygen atoms in total. The lowest BCUT2D eigenvalue weighted by atomic mass is 10.2. The summed E-state index contributed by atoms with van der Waals surface area (Å²) in [5.41, 5.74) is 6.96. The molecule has 0 saturated heterocycles. The summed E-state index contributed by atoms with van der Waals surface area (Å²) in [5, 5.41) is 9.01. The van der Waals surface area contributed by atoms with Gasteiger partial charge in [0.1, 0.15) is 5.60 Å². The fourth-order valence-electron chi connectivity index (χ4n) is 1.44. The Morgan fingerprint density at radius 1 is 1.30 bits per heavy atom. The van der Waals surface area contributed by atoms with E-state index in [1.165, 1.54) is 18.6 Å². The molecule has 0 unspecified atom stereocenters. The minimum absolute atomic E-state index is 0.154. The number of hydrogen-bond acceptors (Lipinski definition) is 6. The Hall–Kier alpha value is -2.64. The second-order valence-electron chi connectivity index (χ2n) is 5.12. The largest absolute Gasteiger partial charge is 0.444 e. The molecular weight excluding hydrogens is 260 g/mol. The highest BCUT2D eigenvalue weighted by Crippen LogP contribution is 2.21. The van der Waals surface area contributed by atoms with Crippen LogP contribution in [0.5, 0.6) is 0 Å². The molecule has 2 aromatic rings. The molecule has 0 spiro atoms. The van der Waals surface area contributed by atoms with Crippen molar-refractivity contribution in [2.45, 2.75) is 26.4 Å². The second-order valence-corrected chi connectivity index (χ2v) is 5.12. The van der Waals surface area contributed by atoms with E-state index in [9.17, 15) is 4.79 Å². The summed E-state index contributed by atoms with van der Waals surface area (Å²) >= 11 is 0. The van der Waals surface area contributed by atoms with Crippen LogP contribution in [-0.4, -0.2) is 31.9 Å². The fourth-order valence-corrected chi connectivity index (χ4v) is 1.44. The molecule has 0 radical (unpaired) electrons. The van der Waals surface area contributed by atoms with Gasteiger partial charge in [0.05, 0.1) is 17.6 Å². The highest BCUT2D eigenvalue weighted by Gasteiger charge is 2.17. The molecule has 2 heterocycles. The number of ether oxygens (including phenoxy) is 1. The summed E-state index contributed by atoms with van der Waals surface area (Å²) in [5.74, 6) is 0.154. The first-order valence-electron chi connectivity index (χ1n) is 5.96. The zero-order valence-electron chi connectivity index (χ0n) is 11.5. The Balaban J connectivity index is 2.06. The number of nitrogens with one attached hydrogen (secondary N) is 2. The first-order chi connectivity index (χ1) is 9.35. The van der Waals surface area contributed by atoms with Crippen LogP contribution in [0, 0.1) is 0 Å². The maximum atomic E-state index is 11.5. The average molecular weight is 276 g/mol. The van der Waals surface area contributed by atoms with Crippen LogP contribution in [0.4, 0.5) is 16.4 Å². The normalized spacial score (nSPS) is 11.2. The number of nitrogens with zero attached hydrogens (tertiary/aromatic N) is 3. The first kappa shape index (κ1) is 13.8. The van der Waals surface area contributed by atoms with Crippen LogP contribution in [0.2, 0.25) is 0 Å². The van der Waals surface area contributed by atoms with Gasteiger partial charge < -0.3 is 10.5 Å². The van der Waals surface area contributed by atoms with Gasteiger partial charge >= 0.3 is 6.09 Å². The van der Waals surface area contributed by atoms with Gasteiger partial charge in [-0.05, 0) is 20.8 Å². The predicted molar refractivity (Wildman–Crippen MR) is 73.9 cm³/mol. The van der Waals surface area contributed by atoms with E-state index in [1.807, 2.05) is 0 Å². The topological polar surface area (TPSA) is 119 Å². The van der Waals surface area contributed by atoms with E-state index in [1.54, 1.807) is 20.8 Å². The Labute approximate surface area is 115 Å². The monoisotopic (exact) mass is 276 g/mol. The van der Waals surface area contributed by atoms with E-state index in [2.05, 4.69) is 25.5 Å². The molecule has 2 rings (SSSR count). The van der Waals surface area contributed by atoms with E-state index < -0.39 is 11.7 Å². The minimum atomic E-state index is -0.605. The number of carbonyl (C=O) groups excluding carboxylic acids is 1. The average Bonchev–Trinajstić information content (AvgIpc) is 2.74. The molecule has 20 heavy (non-hydrogen) atoms. The molecule has 0 bridgehead atoms. The second kappa shape index (κ2) is 5.16.